The van der Waals surface area contributed by atoms with Gasteiger partial charge in [-0.05, 0) is 13.8 Å². The molecule has 0 aromatic rings. The number of urea groups is 1. The average Bonchev–Trinajstić information content (AvgIpc) is 2.35. The van der Waals surface area contributed by atoms with E-state index in [9.17, 15) is 14.4 Å². The number of aliphatic carboxylic acids is 1. The molecular formula is C11H20N2O5. The zero-order valence-corrected chi connectivity index (χ0v) is 11.0. The molecule has 104 valence electrons. The highest BCUT2D eigenvalue weighted by Gasteiger charge is 2.21. The van der Waals surface area contributed by atoms with E-state index in [1.165, 1.54) is 16.9 Å². The van der Waals surface area contributed by atoms with Crippen LogP contribution in [0.25, 0.3) is 0 Å². The molecular weight excluding hydrogens is 240 g/mol. The van der Waals surface area contributed by atoms with Crippen LogP contribution in [0.4, 0.5) is 4.79 Å². The van der Waals surface area contributed by atoms with Crippen LogP contribution in [0.3, 0.4) is 0 Å². The van der Waals surface area contributed by atoms with Gasteiger partial charge in [0.1, 0.15) is 6.54 Å². The van der Waals surface area contributed by atoms with Gasteiger partial charge < -0.3 is 19.6 Å². The van der Waals surface area contributed by atoms with E-state index in [1.54, 1.807) is 13.8 Å². The third-order valence-corrected chi connectivity index (χ3v) is 2.45. The van der Waals surface area contributed by atoms with E-state index in [0.717, 1.165) is 0 Å². The quantitative estimate of drug-likeness (QED) is 0.669. The van der Waals surface area contributed by atoms with Crippen molar-refractivity contribution in [1.82, 2.24) is 9.80 Å². The summed E-state index contributed by atoms with van der Waals surface area (Å²) in [5, 5.41) is 8.59. The Labute approximate surface area is 106 Å². The molecule has 0 spiro atoms. The van der Waals surface area contributed by atoms with Crippen LogP contribution in [0.2, 0.25) is 0 Å². The predicted octanol–water partition coefficient (Wildman–Crippen LogP) is 0.398. The Morgan fingerprint density at radius 1 is 1.11 bits per heavy atom. The van der Waals surface area contributed by atoms with Gasteiger partial charge in [0.05, 0.1) is 13.5 Å². The largest absolute Gasteiger partial charge is 0.481 e. The van der Waals surface area contributed by atoms with Gasteiger partial charge in [0.2, 0.25) is 0 Å². The van der Waals surface area contributed by atoms with Gasteiger partial charge in [0, 0.05) is 19.6 Å². The summed E-state index contributed by atoms with van der Waals surface area (Å²) in [6.45, 7) is 4.25. The lowest BCUT2D eigenvalue weighted by Crippen LogP contribution is -2.46. The summed E-state index contributed by atoms with van der Waals surface area (Å²) in [4.78, 5) is 36.3. The van der Waals surface area contributed by atoms with E-state index in [1.807, 2.05) is 0 Å². The first-order chi connectivity index (χ1) is 8.46. The summed E-state index contributed by atoms with van der Waals surface area (Å²) < 4.78 is 4.50. The standard InChI is InChI=1S/C11H20N2O5/c1-4-12(7-6-9(14)15)11(17)13(5-2)8-10(16)18-3/h4-8H2,1-3H3,(H,14,15). The van der Waals surface area contributed by atoms with E-state index in [4.69, 9.17) is 5.11 Å². The fourth-order valence-electron chi connectivity index (χ4n) is 1.35. The minimum absolute atomic E-state index is 0.116. The van der Waals surface area contributed by atoms with Gasteiger partial charge in [0.25, 0.3) is 0 Å². The van der Waals surface area contributed by atoms with Crippen LogP contribution in [0.1, 0.15) is 20.3 Å². The van der Waals surface area contributed by atoms with Crippen molar-refractivity contribution in [3.63, 3.8) is 0 Å². The van der Waals surface area contributed by atoms with E-state index >= 15 is 0 Å². The Bertz CT molecular complexity index is 306. The number of hydrogen-bond acceptors (Lipinski definition) is 4. The summed E-state index contributed by atoms with van der Waals surface area (Å²) in [5.74, 6) is -1.46. The molecule has 0 radical (unpaired) electrons. The van der Waals surface area contributed by atoms with Crippen molar-refractivity contribution in [2.45, 2.75) is 20.3 Å². The first-order valence-electron chi connectivity index (χ1n) is 5.78. The second kappa shape index (κ2) is 8.32. The van der Waals surface area contributed by atoms with Crippen LogP contribution in [0.5, 0.6) is 0 Å². The molecule has 18 heavy (non-hydrogen) atoms. The number of carboxylic acid groups (broad SMARTS) is 1. The van der Waals surface area contributed by atoms with E-state index < -0.39 is 11.9 Å². The lowest BCUT2D eigenvalue weighted by atomic mass is 10.4. The van der Waals surface area contributed by atoms with Crippen molar-refractivity contribution in [2.75, 3.05) is 33.3 Å². The first-order valence-corrected chi connectivity index (χ1v) is 5.78. The number of likely N-dealkylation sites (N-methyl/N-ethyl adjacent to an activating group) is 1. The second-order valence-corrected chi connectivity index (χ2v) is 3.60. The second-order valence-electron chi connectivity index (χ2n) is 3.60. The molecule has 7 heteroatoms. The molecule has 0 aromatic carbocycles. The van der Waals surface area contributed by atoms with Crippen LogP contribution in [-0.2, 0) is 14.3 Å². The summed E-state index contributed by atoms with van der Waals surface area (Å²) >= 11 is 0. The molecule has 0 heterocycles. The number of amides is 2. The lowest BCUT2D eigenvalue weighted by molar-refractivity contribution is -0.141. The molecule has 0 rings (SSSR count). The molecule has 0 fully saturated rings. The number of nitrogens with zero attached hydrogens (tertiary/aromatic N) is 2. The Balaban J connectivity index is 4.51. The molecule has 0 unspecified atom stereocenters. The number of ether oxygens (including phenoxy) is 1. The monoisotopic (exact) mass is 260 g/mol. The minimum Gasteiger partial charge on any atom is -0.481 e. The van der Waals surface area contributed by atoms with E-state index in [-0.39, 0.29) is 25.5 Å². The third kappa shape index (κ3) is 5.51. The van der Waals surface area contributed by atoms with Crippen LogP contribution in [0.15, 0.2) is 0 Å². The van der Waals surface area contributed by atoms with Gasteiger partial charge in [-0.1, -0.05) is 0 Å². The SMILES string of the molecule is CCN(CCC(=O)O)C(=O)N(CC)CC(=O)OC. The van der Waals surface area contributed by atoms with Gasteiger partial charge in [-0.25, -0.2) is 4.79 Å². The molecule has 0 aliphatic carbocycles. The van der Waals surface area contributed by atoms with Crippen molar-refractivity contribution >= 4 is 18.0 Å². The number of esters is 1. The summed E-state index contributed by atoms with van der Waals surface area (Å²) in [6.07, 6.45) is -0.116. The molecule has 0 bridgehead atoms. The number of carbonyl (C=O) groups excluding carboxylic acids is 2. The van der Waals surface area contributed by atoms with Crippen molar-refractivity contribution in [1.29, 1.82) is 0 Å². The Kier molecular flexibility index (Phi) is 7.50. The van der Waals surface area contributed by atoms with Crippen molar-refractivity contribution in [2.24, 2.45) is 0 Å². The van der Waals surface area contributed by atoms with Crippen LogP contribution >= 0.6 is 0 Å². The number of carbonyl (C=O) groups is 3. The first kappa shape index (κ1) is 16.2. The normalized spacial score (nSPS) is 9.72. The molecule has 0 saturated carbocycles. The third-order valence-electron chi connectivity index (χ3n) is 2.45. The number of carboxylic acids is 1. The zero-order chi connectivity index (χ0) is 14.1. The Hall–Kier alpha value is -1.79. The number of hydrogen-bond donors (Lipinski definition) is 1. The predicted molar refractivity (Wildman–Crippen MR) is 64.2 cm³/mol. The smallest absolute Gasteiger partial charge is 0.325 e. The summed E-state index contributed by atoms with van der Waals surface area (Å²) in [6, 6.07) is -0.355. The van der Waals surface area contributed by atoms with Crippen LogP contribution in [0, 0.1) is 0 Å². The highest BCUT2D eigenvalue weighted by molar-refractivity contribution is 5.81. The minimum atomic E-state index is -0.961. The number of methoxy groups -OCH3 is 1. The van der Waals surface area contributed by atoms with E-state index in [2.05, 4.69) is 4.74 Å². The van der Waals surface area contributed by atoms with Crippen LogP contribution < -0.4 is 0 Å². The molecule has 2 amide bonds. The maximum Gasteiger partial charge on any atom is 0.325 e. The van der Waals surface area contributed by atoms with Gasteiger partial charge in [-0.3, -0.25) is 9.59 Å². The van der Waals surface area contributed by atoms with Gasteiger partial charge in [-0.15, -0.1) is 0 Å². The fraction of sp³-hybridized carbons (Fsp3) is 0.727. The molecule has 0 aliphatic heterocycles. The molecule has 0 atom stereocenters. The van der Waals surface area contributed by atoms with Gasteiger partial charge in [-0.2, -0.15) is 0 Å². The number of rotatable bonds is 7. The topological polar surface area (TPSA) is 87.2 Å². The molecule has 0 saturated heterocycles. The fourth-order valence-corrected chi connectivity index (χ4v) is 1.35. The lowest BCUT2D eigenvalue weighted by Gasteiger charge is -2.28. The van der Waals surface area contributed by atoms with Crippen molar-refractivity contribution in [3.8, 4) is 0 Å². The molecule has 0 aliphatic rings. The van der Waals surface area contributed by atoms with Gasteiger partial charge in [0.15, 0.2) is 0 Å². The zero-order valence-electron chi connectivity index (χ0n) is 11.0. The van der Waals surface area contributed by atoms with Crippen molar-refractivity contribution < 1.29 is 24.2 Å². The average molecular weight is 260 g/mol. The maximum atomic E-state index is 12.0. The van der Waals surface area contributed by atoms with E-state index in [0.29, 0.717) is 13.1 Å². The van der Waals surface area contributed by atoms with Gasteiger partial charge >= 0.3 is 18.0 Å². The molecule has 0 aromatic heterocycles. The maximum absolute atomic E-state index is 12.0. The summed E-state index contributed by atoms with van der Waals surface area (Å²) in [5.41, 5.74) is 0. The Morgan fingerprint density at radius 3 is 2.06 bits per heavy atom. The highest BCUT2D eigenvalue weighted by atomic mass is 16.5. The molecule has 7 nitrogen and oxygen atoms in total. The van der Waals surface area contributed by atoms with Crippen molar-refractivity contribution in [3.05, 3.63) is 0 Å². The Morgan fingerprint density at radius 2 is 1.67 bits per heavy atom. The summed E-state index contributed by atoms with van der Waals surface area (Å²) in [7, 11) is 1.25. The molecule has 1 N–H and O–H groups in total. The van der Waals surface area contributed by atoms with Crippen LogP contribution in [-0.4, -0.2) is 66.2 Å². The highest BCUT2D eigenvalue weighted by Crippen LogP contribution is 2.01.